The molecule has 1 aliphatic carbocycles. The third-order valence-electron chi connectivity index (χ3n) is 4.79. The number of anilines is 1. The van der Waals surface area contributed by atoms with Gasteiger partial charge < -0.3 is 10.4 Å². The number of fused-ring (bicyclic) bond motifs is 3. The molecule has 2 aromatic carbocycles. The number of carboxylic acid groups (broad SMARTS) is 1. The topological polar surface area (TPSA) is 49.3 Å². The van der Waals surface area contributed by atoms with Gasteiger partial charge in [-0.05, 0) is 29.5 Å². The summed E-state index contributed by atoms with van der Waals surface area (Å²) in [7, 11) is 0. The van der Waals surface area contributed by atoms with Crippen LogP contribution in [0, 0.1) is 5.92 Å². The maximum Gasteiger partial charge on any atom is 0.337 e. The van der Waals surface area contributed by atoms with Crippen LogP contribution >= 0.6 is 0 Å². The summed E-state index contributed by atoms with van der Waals surface area (Å²) < 4.78 is 0. The van der Waals surface area contributed by atoms with E-state index >= 15 is 0 Å². The lowest BCUT2D eigenvalue weighted by molar-refractivity contribution is 0.0697. The van der Waals surface area contributed by atoms with E-state index in [-0.39, 0.29) is 6.04 Å². The van der Waals surface area contributed by atoms with Crippen LogP contribution < -0.4 is 5.32 Å². The van der Waals surface area contributed by atoms with Gasteiger partial charge in [0.15, 0.2) is 0 Å². The number of rotatable bonds is 2. The summed E-state index contributed by atoms with van der Waals surface area (Å²) in [5.41, 5.74) is 3.45. The third-order valence-corrected chi connectivity index (χ3v) is 4.79. The van der Waals surface area contributed by atoms with Crippen molar-refractivity contribution >= 4 is 11.7 Å². The van der Waals surface area contributed by atoms with Crippen molar-refractivity contribution in [1.29, 1.82) is 0 Å². The normalized spacial score (nSPS) is 25.2. The lowest BCUT2D eigenvalue weighted by Gasteiger charge is -2.38. The van der Waals surface area contributed by atoms with Crippen molar-refractivity contribution < 1.29 is 9.90 Å². The van der Waals surface area contributed by atoms with E-state index in [1.54, 1.807) is 6.07 Å². The first-order valence-corrected chi connectivity index (χ1v) is 7.60. The fraction of sp³-hybridized carbons (Fsp3) is 0.211. The molecule has 1 heterocycles. The third kappa shape index (κ3) is 1.93. The highest BCUT2D eigenvalue weighted by atomic mass is 16.4. The van der Waals surface area contributed by atoms with Crippen molar-refractivity contribution in [2.75, 3.05) is 5.32 Å². The number of hydrogen-bond donors (Lipinski definition) is 2. The van der Waals surface area contributed by atoms with Crippen LogP contribution in [0.3, 0.4) is 0 Å². The predicted octanol–water partition coefficient (Wildman–Crippen LogP) is 4.21. The van der Waals surface area contributed by atoms with Crippen molar-refractivity contribution in [3.8, 4) is 0 Å². The van der Waals surface area contributed by atoms with Crippen molar-refractivity contribution in [2.45, 2.75) is 18.4 Å². The smallest absolute Gasteiger partial charge is 0.337 e. The monoisotopic (exact) mass is 291 g/mol. The van der Waals surface area contributed by atoms with Gasteiger partial charge in [-0.25, -0.2) is 4.79 Å². The Morgan fingerprint density at radius 2 is 1.91 bits per heavy atom. The number of carboxylic acids is 1. The molecule has 1 aliphatic heterocycles. The zero-order valence-corrected chi connectivity index (χ0v) is 12.1. The van der Waals surface area contributed by atoms with Gasteiger partial charge in [0.1, 0.15) is 0 Å². The molecule has 0 saturated heterocycles. The fourth-order valence-electron chi connectivity index (χ4n) is 3.79. The number of aromatic carboxylic acids is 1. The van der Waals surface area contributed by atoms with Crippen LogP contribution in [0.25, 0.3) is 0 Å². The van der Waals surface area contributed by atoms with Gasteiger partial charge in [0, 0.05) is 5.92 Å². The summed E-state index contributed by atoms with van der Waals surface area (Å²) in [6.07, 6.45) is 5.47. The minimum atomic E-state index is -0.878. The molecule has 3 atom stereocenters. The zero-order chi connectivity index (χ0) is 15.1. The second-order valence-electron chi connectivity index (χ2n) is 5.96. The first-order valence-electron chi connectivity index (χ1n) is 7.60. The lowest BCUT2D eigenvalue weighted by atomic mass is 9.76. The molecule has 0 amide bonds. The van der Waals surface area contributed by atoms with Gasteiger partial charge in [-0.2, -0.15) is 0 Å². The minimum Gasteiger partial charge on any atom is -0.478 e. The van der Waals surface area contributed by atoms with Gasteiger partial charge in [-0.3, -0.25) is 0 Å². The Balaban J connectivity index is 1.85. The average Bonchev–Trinajstić information content (AvgIpc) is 3.04. The van der Waals surface area contributed by atoms with E-state index in [2.05, 4.69) is 29.6 Å². The van der Waals surface area contributed by atoms with Crippen molar-refractivity contribution in [3.05, 3.63) is 77.4 Å². The number of carbonyl (C=O) groups is 1. The molecule has 2 N–H and O–H groups in total. The van der Waals surface area contributed by atoms with Crippen LogP contribution in [-0.4, -0.2) is 11.1 Å². The van der Waals surface area contributed by atoms with Crippen LogP contribution in [0.1, 0.15) is 39.9 Å². The maximum atomic E-state index is 11.6. The quantitative estimate of drug-likeness (QED) is 0.815. The number of allylic oxidation sites excluding steroid dienone is 2. The van der Waals surface area contributed by atoms with E-state index < -0.39 is 5.97 Å². The molecule has 0 bridgehead atoms. The Labute approximate surface area is 129 Å². The van der Waals surface area contributed by atoms with Gasteiger partial charge in [0.05, 0.1) is 17.3 Å². The molecule has 0 saturated carbocycles. The van der Waals surface area contributed by atoms with E-state index in [0.29, 0.717) is 17.4 Å². The standard InChI is InChI=1S/C19H17NO2/c21-19(22)16-11-5-10-15-13-8-4-9-14(13)17(20-18(15)16)12-6-2-1-3-7-12/h1-8,10-11,13-14,17,20H,9H2,(H,21,22). The first kappa shape index (κ1) is 13.1. The van der Waals surface area contributed by atoms with Gasteiger partial charge in [-0.15, -0.1) is 0 Å². The zero-order valence-electron chi connectivity index (χ0n) is 12.1. The highest BCUT2D eigenvalue weighted by Gasteiger charge is 2.39. The molecule has 4 rings (SSSR count). The number of hydrogen-bond acceptors (Lipinski definition) is 2. The molecular formula is C19H17NO2. The second-order valence-corrected chi connectivity index (χ2v) is 5.96. The van der Waals surface area contributed by atoms with Crippen molar-refractivity contribution in [3.63, 3.8) is 0 Å². The molecule has 22 heavy (non-hydrogen) atoms. The molecule has 0 radical (unpaired) electrons. The Hall–Kier alpha value is -2.55. The highest BCUT2D eigenvalue weighted by Crippen LogP contribution is 2.50. The Kier molecular flexibility index (Phi) is 3.00. The largest absolute Gasteiger partial charge is 0.478 e. The molecule has 2 aromatic rings. The average molecular weight is 291 g/mol. The molecule has 0 fully saturated rings. The summed E-state index contributed by atoms with van der Waals surface area (Å²) in [5, 5.41) is 13.0. The van der Waals surface area contributed by atoms with Crippen LogP contribution in [0.2, 0.25) is 0 Å². The van der Waals surface area contributed by atoms with Crippen LogP contribution in [0.5, 0.6) is 0 Å². The van der Waals surface area contributed by atoms with Gasteiger partial charge in [-0.1, -0.05) is 54.6 Å². The molecule has 110 valence electrons. The number of para-hydroxylation sites is 1. The maximum absolute atomic E-state index is 11.6. The molecule has 0 aromatic heterocycles. The molecular weight excluding hydrogens is 274 g/mol. The summed E-state index contributed by atoms with van der Waals surface area (Å²) in [5.74, 6) is -0.142. The molecule has 0 spiro atoms. The SMILES string of the molecule is O=C(O)c1cccc2c1NC(c1ccccc1)C1CC=CC21. The molecule has 3 unspecified atom stereocenters. The molecule has 3 heteroatoms. The van der Waals surface area contributed by atoms with Crippen LogP contribution in [-0.2, 0) is 0 Å². The van der Waals surface area contributed by atoms with Gasteiger partial charge in [0.2, 0.25) is 0 Å². The van der Waals surface area contributed by atoms with E-state index in [1.807, 2.05) is 30.3 Å². The minimum absolute atomic E-state index is 0.147. The first-order chi connectivity index (χ1) is 10.8. The van der Waals surface area contributed by atoms with Crippen LogP contribution in [0.4, 0.5) is 5.69 Å². The Bertz CT molecular complexity index is 751. The summed E-state index contributed by atoms with van der Waals surface area (Å²) in [6, 6.07) is 16.0. The van der Waals surface area contributed by atoms with E-state index in [9.17, 15) is 9.90 Å². The number of benzene rings is 2. The highest BCUT2D eigenvalue weighted by molar-refractivity contribution is 5.95. The predicted molar refractivity (Wildman–Crippen MR) is 86.2 cm³/mol. The summed E-state index contributed by atoms with van der Waals surface area (Å²) >= 11 is 0. The van der Waals surface area contributed by atoms with Gasteiger partial charge in [0.25, 0.3) is 0 Å². The van der Waals surface area contributed by atoms with E-state index in [0.717, 1.165) is 17.7 Å². The Morgan fingerprint density at radius 1 is 1.09 bits per heavy atom. The summed E-state index contributed by atoms with van der Waals surface area (Å²) in [4.78, 5) is 11.6. The van der Waals surface area contributed by atoms with E-state index in [4.69, 9.17) is 0 Å². The molecule has 3 nitrogen and oxygen atoms in total. The van der Waals surface area contributed by atoms with Crippen LogP contribution in [0.15, 0.2) is 60.7 Å². The fourth-order valence-corrected chi connectivity index (χ4v) is 3.79. The number of nitrogens with one attached hydrogen (secondary N) is 1. The van der Waals surface area contributed by atoms with E-state index in [1.165, 1.54) is 5.56 Å². The summed E-state index contributed by atoms with van der Waals surface area (Å²) in [6.45, 7) is 0. The van der Waals surface area contributed by atoms with Gasteiger partial charge >= 0.3 is 5.97 Å². The lowest BCUT2D eigenvalue weighted by Crippen LogP contribution is -2.30. The van der Waals surface area contributed by atoms with Crippen molar-refractivity contribution in [2.24, 2.45) is 5.92 Å². The Morgan fingerprint density at radius 3 is 2.68 bits per heavy atom. The van der Waals surface area contributed by atoms with Crippen molar-refractivity contribution in [1.82, 2.24) is 0 Å². The second kappa shape index (κ2) is 5.02. The molecule has 2 aliphatic rings.